The van der Waals surface area contributed by atoms with E-state index in [-0.39, 0.29) is 11.9 Å². The van der Waals surface area contributed by atoms with Crippen LogP contribution in [0.15, 0.2) is 48.5 Å². The average molecular weight is 344 g/mol. The maximum absolute atomic E-state index is 12.1. The average Bonchev–Trinajstić information content (AvgIpc) is 2.59. The van der Waals surface area contributed by atoms with Crippen molar-refractivity contribution < 1.29 is 9.59 Å². The van der Waals surface area contributed by atoms with Gasteiger partial charge in [-0.25, -0.2) is 4.79 Å². The van der Waals surface area contributed by atoms with Gasteiger partial charge in [-0.05, 0) is 42.3 Å². The maximum atomic E-state index is 12.1. The third-order valence-corrected chi connectivity index (χ3v) is 4.17. The van der Waals surface area contributed by atoms with Crippen molar-refractivity contribution in [1.82, 2.24) is 5.32 Å². The molecule has 0 aliphatic carbocycles. The van der Waals surface area contributed by atoms with Gasteiger partial charge < -0.3 is 15.5 Å². The first-order valence-electron chi connectivity index (χ1n) is 7.82. The number of aryl methyl sites for hydroxylation is 1. The van der Waals surface area contributed by atoms with E-state index < -0.39 is 0 Å². The SMILES string of the molecule is O=C(NCCN1C(=O)CCc2ccccc21)Nc1ccc(Cl)cc1. The highest BCUT2D eigenvalue weighted by molar-refractivity contribution is 6.30. The van der Waals surface area contributed by atoms with Crippen LogP contribution in [-0.4, -0.2) is 25.0 Å². The van der Waals surface area contributed by atoms with Crippen molar-refractivity contribution in [2.45, 2.75) is 12.8 Å². The van der Waals surface area contributed by atoms with E-state index in [1.165, 1.54) is 5.56 Å². The summed E-state index contributed by atoms with van der Waals surface area (Å²) in [7, 11) is 0. The molecule has 0 fully saturated rings. The molecule has 3 amide bonds. The second-order valence-corrected chi connectivity index (χ2v) is 6.00. The highest BCUT2D eigenvalue weighted by atomic mass is 35.5. The van der Waals surface area contributed by atoms with Gasteiger partial charge in [-0.2, -0.15) is 0 Å². The molecule has 2 aromatic carbocycles. The largest absolute Gasteiger partial charge is 0.336 e. The first kappa shape index (κ1) is 16.3. The smallest absolute Gasteiger partial charge is 0.319 e. The summed E-state index contributed by atoms with van der Waals surface area (Å²) >= 11 is 5.81. The van der Waals surface area contributed by atoms with Crippen molar-refractivity contribution in [3.63, 3.8) is 0 Å². The van der Waals surface area contributed by atoms with Crippen LogP contribution < -0.4 is 15.5 Å². The van der Waals surface area contributed by atoms with E-state index in [9.17, 15) is 9.59 Å². The van der Waals surface area contributed by atoms with Crippen LogP contribution >= 0.6 is 11.6 Å². The predicted molar refractivity (Wildman–Crippen MR) is 95.6 cm³/mol. The molecule has 3 rings (SSSR count). The summed E-state index contributed by atoms with van der Waals surface area (Å²) in [6, 6.07) is 14.4. The molecule has 0 saturated carbocycles. The number of urea groups is 1. The van der Waals surface area contributed by atoms with Gasteiger partial charge in [0.2, 0.25) is 5.91 Å². The normalized spacial score (nSPS) is 13.4. The maximum Gasteiger partial charge on any atom is 0.319 e. The molecular weight excluding hydrogens is 326 g/mol. The van der Waals surface area contributed by atoms with Crippen LogP contribution in [0.1, 0.15) is 12.0 Å². The number of nitrogens with one attached hydrogen (secondary N) is 2. The molecule has 24 heavy (non-hydrogen) atoms. The van der Waals surface area contributed by atoms with Gasteiger partial charge in [0, 0.05) is 35.9 Å². The molecule has 5 nitrogen and oxygen atoms in total. The van der Waals surface area contributed by atoms with Crippen LogP contribution in [0.5, 0.6) is 0 Å². The first-order chi connectivity index (χ1) is 11.6. The van der Waals surface area contributed by atoms with Gasteiger partial charge in [0.25, 0.3) is 0 Å². The second kappa shape index (κ2) is 7.36. The van der Waals surface area contributed by atoms with Crippen LogP contribution in [0, 0.1) is 0 Å². The lowest BCUT2D eigenvalue weighted by Gasteiger charge is -2.29. The van der Waals surface area contributed by atoms with Crippen molar-refractivity contribution in [2.24, 2.45) is 0 Å². The lowest BCUT2D eigenvalue weighted by molar-refractivity contribution is -0.118. The number of halogens is 1. The van der Waals surface area contributed by atoms with Gasteiger partial charge in [0.05, 0.1) is 0 Å². The van der Waals surface area contributed by atoms with Crippen molar-refractivity contribution >= 4 is 34.9 Å². The van der Waals surface area contributed by atoms with Crippen LogP contribution in [0.4, 0.5) is 16.2 Å². The Hall–Kier alpha value is -2.53. The fourth-order valence-electron chi connectivity index (χ4n) is 2.73. The number of fused-ring (bicyclic) bond motifs is 1. The van der Waals surface area contributed by atoms with E-state index in [1.54, 1.807) is 29.2 Å². The zero-order chi connectivity index (χ0) is 16.9. The van der Waals surface area contributed by atoms with Crippen molar-refractivity contribution in [3.8, 4) is 0 Å². The second-order valence-electron chi connectivity index (χ2n) is 5.56. The first-order valence-corrected chi connectivity index (χ1v) is 8.20. The molecule has 6 heteroatoms. The number of carbonyl (C=O) groups is 2. The molecule has 1 aliphatic rings. The molecule has 1 aliphatic heterocycles. The van der Waals surface area contributed by atoms with Gasteiger partial charge in [0.15, 0.2) is 0 Å². The molecule has 0 aromatic heterocycles. The minimum absolute atomic E-state index is 0.0913. The third-order valence-electron chi connectivity index (χ3n) is 3.91. The topological polar surface area (TPSA) is 61.4 Å². The molecule has 0 atom stereocenters. The minimum atomic E-state index is -0.310. The van der Waals surface area contributed by atoms with E-state index in [4.69, 9.17) is 11.6 Å². The quantitative estimate of drug-likeness (QED) is 0.893. The van der Waals surface area contributed by atoms with Crippen LogP contribution in [-0.2, 0) is 11.2 Å². The van der Waals surface area contributed by atoms with Crippen molar-refractivity contribution in [1.29, 1.82) is 0 Å². The molecular formula is C18H18ClN3O2. The zero-order valence-corrected chi connectivity index (χ0v) is 13.8. The Balaban J connectivity index is 1.53. The molecule has 2 aromatic rings. The van der Waals surface area contributed by atoms with Crippen molar-refractivity contribution in [2.75, 3.05) is 23.3 Å². The Kier molecular flexibility index (Phi) is 5.01. The van der Waals surface area contributed by atoms with E-state index in [0.717, 1.165) is 12.1 Å². The van der Waals surface area contributed by atoms with E-state index >= 15 is 0 Å². The minimum Gasteiger partial charge on any atom is -0.336 e. The van der Waals surface area contributed by atoms with Gasteiger partial charge >= 0.3 is 6.03 Å². The van der Waals surface area contributed by atoms with Gasteiger partial charge in [-0.1, -0.05) is 29.8 Å². The predicted octanol–water partition coefficient (Wildman–Crippen LogP) is 3.44. The molecule has 124 valence electrons. The summed E-state index contributed by atoms with van der Waals surface area (Å²) in [5, 5.41) is 6.11. The Bertz CT molecular complexity index is 746. The molecule has 0 saturated heterocycles. The number of carbonyl (C=O) groups excluding carboxylic acids is 2. The highest BCUT2D eigenvalue weighted by Gasteiger charge is 2.23. The third kappa shape index (κ3) is 3.86. The fourth-order valence-corrected chi connectivity index (χ4v) is 2.86. The van der Waals surface area contributed by atoms with Crippen LogP contribution in [0.25, 0.3) is 0 Å². The monoisotopic (exact) mass is 343 g/mol. The van der Waals surface area contributed by atoms with Crippen molar-refractivity contribution in [3.05, 3.63) is 59.1 Å². The summed E-state index contributed by atoms with van der Waals surface area (Å²) in [5.41, 5.74) is 2.77. The summed E-state index contributed by atoms with van der Waals surface area (Å²) in [4.78, 5) is 25.8. The van der Waals surface area contributed by atoms with E-state index in [0.29, 0.717) is 30.2 Å². The van der Waals surface area contributed by atoms with Crippen LogP contribution in [0.3, 0.4) is 0 Å². The number of anilines is 2. The number of para-hydroxylation sites is 1. The lowest BCUT2D eigenvalue weighted by Crippen LogP contribution is -2.42. The Morgan fingerprint density at radius 1 is 1.08 bits per heavy atom. The summed E-state index contributed by atoms with van der Waals surface area (Å²) in [6.45, 7) is 0.823. The molecule has 1 heterocycles. The molecule has 0 unspecified atom stereocenters. The van der Waals surface area contributed by atoms with E-state index in [1.807, 2.05) is 24.3 Å². The Morgan fingerprint density at radius 2 is 1.83 bits per heavy atom. The highest BCUT2D eigenvalue weighted by Crippen LogP contribution is 2.26. The molecule has 2 N–H and O–H groups in total. The standard InChI is InChI=1S/C18H18ClN3O2/c19-14-6-8-15(9-7-14)21-18(24)20-11-12-22-16-4-2-1-3-13(16)5-10-17(22)23/h1-4,6-9H,5,10-12H2,(H2,20,21,24). The summed E-state index contributed by atoms with van der Waals surface area (Å²) in [6.07, 6.45) is 1.28. The van der Waals surface area contributed by atoms with Gasteiger partial charge in [0.1, 0.15) is 0 Å². The Labute approximate surface area is 145 Å². The number of hydrogen-bond acceptors (Lipinski definition) is 2. The molecule has 0 radical (unpaired) electrons. The van der Waals surface area contributed by atoms with Crippen LogP contribution in [0.2, 0.25) is 5.02 Å². The van der Waals surface area contributed by atoms with Gasteiger partial charge in [-0.15, -0.1) is 0 Å². The number of hydrogen-bond donors (Lipinski definition) is 2. The molecule has 0 bridgehead atoms. The zero-order valence-electron chi connectivity index (χ0n) is 13.1. The number of rotatable bonds is 4. The summed E-state index contributed by atoms with van der Waals surface area (Å²) < 4.78 is 0. The lowest BCUT2D eigenvalue weighted by atomic mass is 10.0. The fraction of sp³-hybridized carbons (Fsp3) is 0.222. The Morgan fingerprint density at radius 3 is 2.62 bits per heavy atom. The molecule has 0 spiro atoms. The van der Waals surface area contributed by atoms with E-state index in [2.05, 4.69) is 10.6 Å². The number of nitrogens with zero attached hydrogens (tertiary/aromatic N) is 1. The summed E-state index contributed by atoms with van der Waals surface area (Å²) in [5.74, 6) is 0.0913. The van der Waals surface area contributed by atoms with Gasteiger partial charge in [-0.3, -0.25) is 4.79 Å². The number of amides is 3. The number of benzene rings is 2.